The van der Waals surface area contributed by atoms with Crippen LogP contribution in [-0.4, -0.2) is 56.1 Å². The Hall–Kier alpha value is -0.130. The van der Waals surface area contributed by atoms with Crippen LogP contribution in [0, 0.1) is 0 Å². The molecule has 0 aromatic heterocycles. The maximum absolute atomic E-state index is 11.5. The van der Waals surface area contributed by atoms with E-state index < -0.39 is 10.0 Å². The van der Waals surface area contributed by atoms with Gasteiger partial charge in [0.25, 0.3) is 0 Å². The summed E-state index contributed by atoms with van der Waals surface area (Å²) in [5.74, 6) is 0.223. The third-order valence-corrected chi connectivity index (χ3v) is 4.51. The van der Waals surface area contributed by atoms with Gasteiger partial charge in [0.15, 0.2) is 0 Å². The molecule has 1 fully saturated rings. The summed E-state index contributed by atoms with van der Waals surface area (Å²) < 4.78 is 24.7. The third-order valence-electron chi connectivity index (χ3n) is 2.63. The van der Waals surface area contributed by atoms with Crippen molar-refractivity contribution in [2.75, 3.05) is 38.5 Å². The van der Waals surface area contributed by atoms with Gasteiger partial charge in [-0.15, -0.1) is 0 Å². The molecule has 0 unspecified atom stereocenters. The third kappa shape index (κ3) is 2.93. The first-order chi connectivity index (χ1) is 6.60. The van der Waals surface area contributed by atoms with E-state index in [4.69, 9.17) is 0 Å². The summed E-state index contributed by atoms with van der Waals surface area (Å²) in [6.07, 6.45) is 1.14. The zero-order valence-corrected chi connectivity index (χ0v) is 9.89. The van der Waals surface area contributed by atoms with Gasteiger partial charge in [0.05, 0.1) is 5.75 Å². The molecule has 1 aliphatic rings. The second-order valence-electron chi connectivity index (χ2n) is 3.64. The zero-order valence-electron chi connectivity index (χ0n) is 9.07. The molecule has 0 aromatic carbocycles. The Kier molecular flexibility index (Phi) is 4.34. The molecule has 5 heteroatoms. The van der Waals surface area contributed by atoms with E-state index in [1.807, 2.05) is 0 Å². The second kappa shape index (κ2) is 5.09. The summed E-state index contributed by atoms with van der Waals surface area (Å²) in [6, 6.07) is 0. The Morgan fingerprint density at radius 3 is 2.07 bits per heavy atom. The molecule has 0 spiro atoms. The normalized spacial score (nSPS) is 21.3. The molecule has 0 atom stereocenters. The molecule has 1 rings (SSSR count). The van der Waals surface area contributed by atoms with Gasteiger partial charge >= 0.3 is 0 Å². The molecule has 0 N–H and O–H groups in total. The quantitative estimate of drug-likeness (QED) is 0.687. The number of piperazine rings is 1. The topological polar surface area (TPSA) is 40.6 Å². The van der Waals surface area contributed by atoms with Gasteiger partial charge < -0.3 is 4.90 Å². The monoisotopic (exact) mass is 220 g/mol. The predicted molar refractivity (Wildman–Crippen MR) is 57.8 cm³/mol. The average Bonchev–Trinajstić information content (AvgIpc) is 2.19. The first-order valence-corrected chi connectivity index (χ1v) is 6.91. The molecule has 84 valence electrons. The highest BCUT2D eigenvalue weighted by molar-refractivity contribution is 7.89. The van der Waals surface area contributed by atoms with Crippen molar-refractivity contribution in [3.05, 3.63) is 0 Å². The minimum atomic E-state index is -2.95. The minimum absolute atomic E-state index is 0.223. The van der Waals surface area contributed by atoms with Gasteiger partial charge in [-0.05, 0) is 19.9 Å². The van der Waals surface area contributed by atoms with Gasteiger partial charge in [0.2, 0.25) is 10.0 Å². The van der Waals surface area contributed by atoms with Gasteiger partial charge in [-0.1, -0.05) is 6.92 Å². The summed E-state index contributed by atoms with van der Waals surface area (Å²) in [6.45, 7) is 8.02. The van der Waals surface area contributed by atoms with E-state index in [1.54, 1.807) is 11.2 Å². The van der Waals surface area contributed by atoms with Crippen molar-refractivity contribution in [1.29, 1.82) is 0 Å². The van der Waals surface area contributed by atoms with Gasteiger partial charge in [0, 0.05) is 26.2 Å². The van der Waals surface area contributed by atoms with Crippen molar-refractivity contribution < 1.29 is 8.42 Å². The van der Waals surface area contributed by atoms with Crippen LogP contribution < -0.4 is 0 Å². The van der Waals surface area contributed by atoms with Crippen molar-refractivity contribution in [3.63, 3.8) is 0 Å². The Morgan fingerprint density at radius 1 is 1.07 bits per heavy atom. The highest BCUT2D eigenvalue weighted by Gasteiger charge is 2.24. The van der Waals surface area contributed by atoms with Crippen LogP contribution in [0.15, 0.2) is 0 Å². The molecule has 1 saturated heterocycles. The number of hydrogen-bond acceptors (Lipinski definition) is 3. The smallest absolute Gasteiger partial charge is 0.213 e. The lowest BCUT2D eigenvalue weighted by Crippen LogP contribution is -2.49. The Bertz CT molecular complexity index is 256. The zero-order chi connectivity index (χ0) is 10.6. The van der Waals surface area contributed by atoms with Crippen LogP contribution in [0.2, 0.25) is 0 Å². The van der Waals surface area contributed by atoms with Crippen LogP contribution in [0.25, 0.3) is 0 Å². The van der Waals surface area contributed by atoms with E-state index >= 15 is 0 Å². The van der Waals surface area contributed by atoms with Gasteiger partial charge in [0.1, 0.15) is 0 Å². The molecule has 0 aliphatic carbocycles. The van der Waals surface area contributed by atoms with E-state index in [2.05, 4.69) is 11.8 Å². The fourth-order valence-corrected chi connectivity index (χ4v) is 2.81. The Balaban J connectivity index is 2.43. The Morgan fingerprint density at radius 2 is 1.64 bits per heavy atom. The van der Waals surface area contributed by atoms with E-state index in [0.717, 1.165) is 26.1 Å². The molecule has 0 saturated carbocycles. The molecule has 0 radical (unpaired) electrons. The summed E-state index contributed by atoms with van der Waals surface area (Å²) in [4.78, 5) is 2.32. The lowest BCUT2D eigenvalue weighted by molar-refractivity contribution is 0.189. The fraction of sp³-hybridized carbons (Fsp3) is 1.00. The van der Waals surface area contributed by atoms with Crippen molar-refractivity contribution in [2.45, 2.75) is 20.3 Å². The van der Waals surface area contributed by atoms with Gasteiger partial charge in [-0.3, -0.25) is 0 Å². The van der Waals surface area contributed by atoms with Crippen LogP contribution >= 0.6 is 0 Å². The highest BCUT2D eigenvalue weighted by Crippen LogP contribution is 2.07. The number of rotatable bonds is 4. The standard InChI is InChI=1S/C9H20N2O2S/c1-3-5-10-6-8-11(9-7-10)14(12,13)4-2/h3-9H2,1-2H3. The molecule has 0 bridgehead atoms. The van der Waals surface area contributed by atoms with Crippen LogP contribution in [0.4, 0.5) is 0 Å². The number of nitrogens with zero attached hydrogens (tertiary/aromatic N) is 2. The van der Waals surface area contributed by atoms with Crippen molar-refractivity contribution in [2.24, 2.45) is 0 Å². The average molecular weight is 220 g/mol. The van der Waals surface area contributed by atoms with Crippen LogP contribution in [0.5, 0.6) is 0 Å². The fourth-order valence-electron chi connectivity index (χ4n) is 1.73. The van der Waals surface area contributed by atoms with E-state index in [9.17, 15) is 8.42 Å². The SMILES string of the molecule is CCCN1CCN(S(=O)(=O)CC)CC1. The molecule has 1 heterocycles. The summed E-state index contributed by atoms with van der Waals surface area (Å²) in [7, 11) is -2.95. The predicted octanol–water partition coefficient (Wildman–Crippen LogP) is 0.364. The summed E-state index contributed by atoms with van der Waals surface area (Å²) >= 11 is 0. The van der Waals surface area contributed by atoms with E-state index in [0.29, 0.717) is 13.1 Å². The molecule has 4 nitrogen and oxygen atoms in total. The van der Waals surface area contributed by atoms with Crippen LogP contribution in [0.1, 0.15) is 20.3 Å². The highest BCUT2D eigenvalue weighted by atomic mass is 32.2. The molecular formula is C9H20N2O2S. The van der Waals surface area contributed by atoms with Crippen LogP contribution in [0.3, 0.4) is 0 Å². The van der Waals surface area contributed by atoms with Crippen molar-refractivity contribution in [3.8, 4) is 0 Å². The largest absolute Gasteiger partial charge is 0.301 e. The first kappa shape index (κ1) is 11.9. The lowest BCUT2D eigenvalue weighted by atomic mass is 10.3. The molecule has 1 aliphatic heterocycles. The first-order valence-electron chi connectivity index (χ1n) is 5.30. The van der Waals surface area contributed by atoms with Crippen molar-refractivity contribution >= 4 is 10.0 Å². The lowest BCUT2D eigenvalue weighted by Gasteiger charge is -2.33. The van der Waals surface area contributed by atoms with Gasteiger partial charge in [-0.25, -0.2) is 8.42 Å². The molecule has 0 aromatic rings. The molecule has 14 heavy (non-hydrogen) atoms. The van der Waals surface area contributed by atoms with Crippen LogP contribution in [-0.2, 0) is 10.0 Å². The Labute approximate surface area is 86.9 Å². The maximum Gasteiger partial charge on any atom is 0.213 e. The van der Waals surface area contributed by atoms with Crippen molar-refractivity contribution in [1.82, 2.24) is 9.21 Å². The van der Waals surface area contributed by atoms with E-state index in [-0.39, 0.29) is 5.75 Å². The number of sulfonamides is 1. The van der Waals surface area contributed by atoms with Gasteiger partial charge in [-0.2, -0.15) is 4.31 Å². The summed E-state index contributed by atoms with van der Waals surface area (Å²) in [5.41, 5.74) is 0. The maximum atomic E-state index is 11.5. The second-order valence-corrected chi connectivity index (χ2v) is 5.90. The number of hydrogen-bond donors (Lipinski definition) is 0. The van der Waals surface area contributed by atoms with E-state index in [1.165, 1.54) is 0 Å². The molecule has 0 amide bonds. The summed E-state index contributed by atoms with van der Waals surface area (Å²) in [5, 5.41) is 0. The molecular weight excluding hydrogens is 200 g/mol. The minimum Gasteiger partial charge on any atom is -0.301 e.